The van der Waals surface area contributed by atoms with Crippen LogP contribution in [0.3, 0.4) is 0 Å². The van der Waals surface area contributed by atoms with Crippen LogP contribution in [-0.4, -0.2) is 31.8 Å². The second-order valence-corrected chi connectivity index (χ2v) is 11.1. The van der Waals surface area contributed by atoms with Crippen molar-refractivity contribution in [2.24, 2.45) is 10.9 Å². The standard InChI is InChI=1S/C28H37ClN4O.C4H10.C2H6.CH2O/c1-7-24(29)28(33-25-11-9-8-10-19(25)4)32-21(6)31-26-16-20(5)23(17-27(26)34-18(2)3)22-12-14-30-15-13-22;1-4(2)3;2*1-2/h7-11,16-18,22,30-31H,6,12-15H2,1-5H3,(H,32,33);4H,1-3H3;1-2H3;1H2/b24-7+;;;. The van der Waals surface area contributed by atoms with E-state index in [4.69, 9.17) is 21.1 Å². The van der Waals surface area contributed by atoms with E-state index in [1.54, 1.807) is 0 Å². The van der Waals surface area contributed by atoms with Crippen molar-refractivity contribution >= 4 is 35.6 Å². The number of rotatable bonds is 8. The number of nitrogens with zero attached hydrogens (tertiary/aromatic N) is 1. The molecule has 0 amide bonds. The van der Waals surface area contributed by atoms with Crippen LogP contribution in [0.4, 0.5) is 11.4 Å². The van der Waals surface area contributed by atoms with Gasteiger partial charge in [-0.15, -0.1) is 0 Å². The Kier molecular flexibility index (Phi) is 20.0. The summed E-state index contributed by atoms with van der Waals surface area (Å²) in [6.07, 6.45) is 4.14. The number of anilines is 2. The number of nitrogens with one attached hydrogen (secondary N) is 3. The zero-order valence-electron chi connectivity index (χ0n) is 27.7. The lowest BCUT2D eigenvalue weighted by Gasteiger charge is -2.26. The summed E-state index contributed by atoms with van der Waals surface area (Å²) in [6, 6.07) is 12.3. The van der Waals surface area contributed by atoms with E-state index in [0.717, 1.165) is 54.5 Å². The van der Waals surface area contributed by atoms with Gasteiger partial charge in [-0.05, 0) is 107 Å². The number of carbonyl (C=O) groups excluding carboxylic acids is 1. The van der Waals surface area contributed by atoms with Gasteiger partial charge < -0.3 is 25.5 Å². The first-order valence-electron chi connectivity index (χ1n) is 15.0. The normalized spacial score (nSPS) is 13.5. The molecule has 0 bridgehead atoms. The summed E-state index contributed by atoms with van der Waals surface area (Å²) in [6.45, 7) is 28.9. The van der Waals surface area contributed by atoms with Crippen molar-refractivity contribution in [1.29, 1.82) is 0 Å². The number of para-hydroxylation sites is 1. The molecule has 0 aliphatic carbocycles. The zero-order chi connectivity index (χ0) is 32.2. The third-order valence-corrected chi connectivity index (χ3v) is 6.31. The summed E-state index contributed by atoms with van der Waals surface area (Å²) < 4.78 is 6.20. The summed E-state index contributed by atoms with van der Waals surface area (Å²) in [5.41, 5.74) is 5.50. The highest BCUT2D eigenvalue weighted by atomic mass is 35.5. The maximum atomic E-state index is 8.00. The van der Waals surface area contributed by atoms with Crippen LogP contribution in [0.2, 0.25) is 0 Å². The quantitative estimate of drug-likeness (QED) is 0.208. The Labute approximate surface area is 261 Å². The predicted octanol–water partition coefficient (Wildman–Crippen LogP) is 9.60. The van der Waals surface area contributed by atoms with Gasteiger partial charge in [0, 0.05) is 5.69 Å². The van der Waals surface area contributed by atoms with E-state index in [1.807, 2.05) is 78.7 Å². The molecule has 1 aliphatic heterocycles. The minimum absolute atomic E-state index is 0.0525. The summed E-state index contributed by atoms with van der Waals surface area (Å²) in [5.74, 6) is 3.20. The predicted molar refractivity (Wildman–Crippen MR) is 185 cm³/mol. The Hall–Kier alpha value is -3.09. The maximum Gasteiger partial charge on any atom is 0.151 e. The van der Waals surface area contributed by atoms with Crippen LogP contribution in [0, 0.1) is 19.8 Å². The molecule has 0 radical (unpaired) electrons. The molecule has 0 atom stereocenters. The fourth-order valence-electron chi connectivity index (χ4n) is 4.16. The Balaban J connectivity index is 0.00000190. The van der Waals surface area contributed by atoms with E-state index < -0.39 is 0 Å². The van der Waals surface area contributed by atoms with Gasteiger partial charge in [0.15, 0.2) is 5.84 Å². The van der Waals surface area contributed by atoms with Gasteiger partial charge in [-0.1, -0.05) is 77.1 Å². The van der Waals surface area contributed by atoms with Gasteiger partial charge in [0.25, 0.3) is 0 Å². The third-order valence-electron chi connectivity index (χ3n) is 5.91. The number of halogens is 1. The molecule has 1 heterocycles. The fourth-order valence-corrected chi connectivity index (χ4v) is 4.25. The Morgan fingerprint density at radius 3 is 2.10 bits per heavy atom. The van der Waals surface area contributed by atoms with Gasteiger partial charge >= 0.3 is 0 Å². The molecule has 0 aromatic heterocycles. The number of hydrogen-bond acceptors (Lipinski definition) is 5. The van der Waals surface area contributed by atoms with Crippen molar-refractivity contribution in [3.05, 3.63) is 76.6 Å². The molecule has 2 aromatic rings. The average Bonchev–Trinajstić information content (AvgIpc) is 2.96. The van der Waals surface area contributed by atoms with Crippen molar-refractivity contribution in [2.45, 2.75) is 94.1 Å². The van der Waals surface area contributed by atoms with E-state index in [1.165, 1.54) is 11.1 Å². The zero-order valence-corrected chi connectivity index (χ0v) is 28.4. The van der Waals surface area contributed by atoms with E-state index in [2.05, 4.69) is 67.3 Å². The van der Waals surface area contributed by atoms with Crippen molar-refractivity contribution < 1.29 is 9.53 Å². The summed E-state index contributed by atoms with van der Waals surface area (Å²) >= 11 is 6.48. The lowest BCUT2D eigenvalue weighted by Crippen LogP contribution is -2.27. The molecule has 2 aromatic carbocycles. The lowest BCUT2D eigenvalue weighted by molar-refractivity contribution is -0.0980. The highest BCUT2D eigenvalue weighted by Crippen LogP contribution is 2.36. The summed E-state index contributed by atoms with van der Waals surface area (Å²) in [7, 11) is 0. The van der Waals surface area contributed by atoms with Crippen molar-refractivity contribution in [3.63, 3.8) is 0 Å². The van der Waals surface area contributed by atoms with E-state index in [0.29, 0.717) is 22.6 Å². The first kappa shape index (κ1) is 38.9. The van der Waals surface area contributed by atoms with Crippen molar-refractivity contribution in [2.75, 3.05) is 23.7 Å². The molecule has 1 fully saturated rings. The van der Waals surface area contributed by atoms with Gasteiger partial charge in [-0.3, -0.25) is 0 Å². The minimum atomic E-state index is 0.0525. The van der Waals surface area contributed by atoms with Gasteiger partial charge in [0.1, 0.15) is 18.4 Å². The largest absolute Gasteiger partial charge is 0.489 e. The molecule has 42 heavy (non-hydrogen) atoms. The number of amidine groups is 1. The highest BCUT2D eigenvalue weighted by molar-refractivity contribution is 6.45. The van der Waals surface area contributed by atoms with Crippen LogP contribution in [0.5, 0.6) is 5.75 Å². The highest BCUT2D eigenvalue weighted by Gasteiger charge is 2.20. The Morgan fingerprint density at radius 1 is 1.00 bits per heavy atom. The number of benzene rings is 2. The topological polar surface area (TPSA) is 74.8 Å². The number of aliphatic imine (C=N–C) groups is 1. The molecule has 6 nitrogen and oxygen atoms in total. The summed E-state index contributed by atoms with van der Waals surface area (Å²) in [5, 5.41) is 10.7. The molecule has 0 unspecified atom stereocenters. The van der Waals surface area contributed by atoms with Crippen LogP contribution in [0.15, 0.2) is 64.9 Å². The van der Waals surface area contributed by atoms with Crippen molar-refractivity contribution in [3.8, 4) is 5.75 Å². The smallest absolute Gasteiger partial charge is 0.151 e. The number of piperidine rings is 1. The van der Waals surface area contributed by atoms with Gasteiger partial charge in [0.2, 0.25) is 0 Å². The first-order valence-corrected chi connectivity index (χ1v) is 15.4. The molecular weight excluding hydrogens is 544 g/mol. The molecule has 1 aliphatic rings. The molecule has 3 rings (SSSR count). The molecule has 234 valence electrons. The second kappa shape index (κ2) is 21.6. The maximum absolute atomic E-state index is 8.00. The van der Waals surface area contributed by atoms with Gasteiger partial charge in [-0.2, -0.15) is 0 Å². The Bertz CT molecular complexity index is 1130. The minimum Gasteiger partial charge on any atom is -0.489 e. The molecule has 7 heteroatoms. The molecule has 0 saturated carbocycles. The number of ether oxygens (including phenoxy) is 1. The van der Waals surface area contributed by atoms with Crippen LogP contribution < -0.4 is 20.7 Å². The molecule has 1 saturated heterocycles. The summed E-state index contributed by atoms with van der Waals surface area (Å²) in [4.78, 5) is 12.7. The van der Waals surface area contributed by atoms with Gasteiger partial charge in [-0.25, -0.2) is 4.99 Å². The molecule has 0 spiro atoms. The first-order chi connectivity index (χ1) is 20.0. The van der Waals surface area contributed by atoms with E-state index in [-0.39, 0.29) is 6.10 Å². The van der Waals surface area contributed by atoms with Crippen LogP contribution in [0.25, 0.3) is 0 Å². The lowest BCUT2D eigenvalue weighted by atomic mass is 9.87. The second-order valence-electron chi connectivity index (χ2n) is 10.7. The molecular formula is C35H55ClN4O2. The fraction of sp³-hybridized carbons (Fsp3) is 0.486. The molecule has 3 N–H and O–H groups in total. The average molecular weight is 599 g/mol. The van der Waals surface area contributed by atoms with E-state index in [9.17, 15) is 0 Å². The third kappa shape index (κ3) is 14.2. The van der Waals surface area contributed by atoms with Gasteiger partial charge in [0.05, 0.1) is 16.8 Å². The number of aryl methyl sites for hydroxylation is 2. The van der Waals surface area contributed by atoms with Crippen molar-refractivity contribution in [1.82, 2.24) is 5.32 Å². The SMILES string of the molecule is C=C(/N=C(Nc1ccccc1C)\C(Cl)=C/C)Nc1cc(C)c(C2CCNCC2)cc1OC(C)C.C=O.CC.CC(C)C. The van der Waals surface area contributed by atoms with Crippen LogP contribution in [-0.2, 0) is 4.79 Å². The number of carbonyl (C=O) groups is 1. The monoisotopic (exact) mass is 598 g/mol. The Morgan fingerprint density at radius 2 is 1.57 bits per heavy atom. The van der Waals surface area contributed by atoms with Crippen LogP contribution >= 0.6 is 11.6 Å². The number of allylic oxidation sites excluding steroid dienone is 1. The van der Waals surface area contributed by atoms with E-state index >= 15 is 0 Å². The number of hydrogen-bond donors (Lipinski definition) is 3. The van der Waals surface area contributed by atoms with Crippen LogP contribution in [0.1, 0.15) is 90.8 Å².